The fourth-order valence-corrected chi connectivity index (χ4v) is 4.68. The summed E-state index contributed by atoms with van der Waals surface area (Å²) in [4.78, 5) is 15.2. The first-order valence-electron chi connectivity index (χ1n) is 8.62. The van der Waals surface area contributed by atoms with Crippen LogP contribution in [0.1, 0.15) is 21.6 Å². The van der Waals surface area contributed by atoms with Gasteiger partial charge in [0.1, 0.15) is 5.69 Å². The zero-order valence-corrected chi connectivity index (χ0v) is 17.0. The zero-order chi connectivity index (χ0) is 23.2. The summed E-state index contributed by atoms with van der Waals surface area (Å²) in [5.41, 5.74) is -3.29. The van der Waals surface area contributed by atoms with Crippen molar-refractivity contribution < 1.29 is 39.6 Å². The van der Waals surface area contributed by atoms with Gasteiger partial charge in [-0.05, 0) is 24.3 Å². The maximum absolute atomic E-state index is 13.0. The number of nitrogens with one attached hydrogen (secondary N) is 1. The predicted molar refractivity (Wildman–Crippen MR) is 96.9 cm³/mol. The number of sulfonamides is 1. The van der Waals surface area contributed by atoms with Crippen LogP contribution in [0.15, 0.2) is 35.4 Å². The van der Waals surface area contributed by atoms with E-state index in [9.17, 15) is 39.6 Å². The third-order valence-corrected chi connectivity index (χ3v) is 6.70. The summed E-state index contributed by atoms with van der Waals surface area (Å²) in [5, 5.41) is 0.287. The van der Waals surface area contributed by atoms with Crippen LogP contribution >= 0.6 is 11.6 Å². The summed E-state index contributed by atoms with van der Waals surface area (Å²) in [6.07, 6.45) is -8.97. The first-order chi connectivity index (χ1) is 14.2. The van der Waals surface area contributed by atoms with Gasteiger partial charge in [0.15, 0.2) is 0 Å². The number of carbonyl (C=O) groups excluding carboxylic acids is 1. The van der Waals surface area contributed by atoms with Gasteiger partial charge in [0.25, 0.3) is 5.91 Å². The molecule has 1 amide bonds. The van der Waals surface area contributed by atoms with E-state index in [1.54, 1.807) is 0 Å². The molecule has 2 heterocycles. The highest BCUT2D eigenvalue weighted by Crippen LogP contribution is 2.37. The van der Waals surface area contributed by atoms with E-state index in [4.69, 9.17) is 11.6 Å². The van der Waals surface area contributed by atoms with Crippen molar-refractivity contribution in [3.63, 3.8) is 0 Å². The molecule has 31 heavy (non-hydrogen) atoms. The largest absolute Gasteiger partial charge is 0.416 e. The lowest BCUT2D eigenvalue weighted by Crippen LogP contribution is -2.50. The SMILES string of the molecule is O=C(c1cc(Cl)c[nH]1)N1CCN(S(=O)(=O)c2cc(C(F)(F)F)cc(C(F)(F)F)c2)CC1. The number of benzene rings is 1. The fraction of sp³-hybridized carbons (Fsp3) is 0.353. The van der Waals surface area contributed by atoms with Gasteiger partial charge >= 0.3 is 12.4 Å². The summed E-state index contributed by atoms with van der Waals surface area (Å²) < 4.78 is 104. The molecule has 1 aliphatic rings. The normalized spacial score (nSPS) is 16.5. The number of H-pyrrole nitrogens is 1. The first-order valence-corrected chi connectivity index (χ1v) is 10.4. The minimum atomic E-state index is -5.17. The van der Waals surface area contributed by atoms with E-state index in [2.05, 4.69) is 4.98 Å². The number of halogens is 7. The Bertz CT molecular complexity index is 1060. The number of carbonyl (C=O) groups is 1. The Hall–Kier alpha value is -2.25. The van der Waals surface area contributed by atoms with Crippen LogP contribution < -0.4 is 0 Å². The van der Waals surface area contributed by atoms with Crippen molar-refractivity contribution >= 4 is 27.5 Å². The number of hydrogen-bond acceptors (Lipinski definition) is 3. The molecule has 6 nitrogen and oxygen atoms in total. The number of alkyl halides is 6. The van der Waals surface area contributed by atoms with E-state index in [-0.39, 0.29) is 55.1 Å². The molecular formula is C17H14ClF6N3O3S. The van der Waals surface area contributed by atoms with Crippen LogP contribution in [0.2, 0.25) is 5.02 Å². The molecule has 1 fully saturated rings. The lowest BCUT2D eigenvalue weighted by atomic mass is 10.1. The number of piperazine rings is 1. The van der Waals surface area contributed by atoms with Gasteiger partial charge in [-0.2, -0.15) is 30.6 Å². The highest BCUT2D eigenvalue weighted by Gasteiger charge is 2.39. The van der Waals surface area contributed by atoms with Crippen LogP contribution in [-0.4, -0.2) is 54.7 Å². The molecule has 1 aromatic heterocycles. The topological polar surface area (TPSA) is 73.5 Å². The molecule has 14 heteroatoms. The Kier molecular flexibility index (Phi) is 6.06. The molecule has 1 saturated heterocycles. The molecule has 170 valence electrons. The van der Waals surface area contributed by atoms with Crippen molar-refractivity contribution in [2.24, 2.45) is 0 Å². The summed E-state index contributed by atoms with van der Waals surface area (Å²) in [6.45, 7) is -0.834. The van der Waals surface area contributed by atoms with Crippen LogP contribution in [0.5, 0.6) is 0 Å². The summed E-state index contributed by atoms with van der Waals surface area (Å²) in [6, 6.07) is 1.57. The Morgan fingerprint density at radius 2 is 1.42 bits per heavy atom. The molecule has 0 spiro atoms. The van der Waals surface area contributed by atoms with Gasteiger partial charge in [0.2, 0.25) is 10.0 Å². The highest BCUT2D eigenvalue weighted by molar-refractivity contribution is 7.89. The Labute approximate surface area is 177 Å². The molecule has 1 aliphatic heterocycles. The van der Waals surface area contributed by atoms with Crippen molar-refractivity contribution in [2.45, 2.75) is 17.2 Å². The van der Waals surface area contributed by atoms with Gasteiger partial charge in [-0.3, -0.25) is 4.79 Å². The number of hydrogen-bond donors (Lipinski definition) is 1. The van der Waals surface area contributed by atoms with Crippen molar-refractivity contribution in [1.82, 2.24) is 14.2 Å². The van der Waals surface area contributed by atoms with Crippen molar-refractivity contribution in [3.8, 4) is 0 Å². The van der Waals surface area contributed by atoms with E-state index >= 15 is 0 Å². The Morgan fingerprint density at radius 1 is 0.903 bits per heavy atom. The smallest absolute Gasteiger partial charge is 0.356 e. The van der Waals surface area contributed by atoms with Crippen LogP contribution in [0.4, 0.5) is 26.3 Å². The molecular weight excluding hydrogens is 476 g/mol. The standard InChI is InChI=1S/C17H14ClF6N3O3S/c18-12-8-14(25-9-12)15(28)26-1-3-27(4-2-26)31(29,30)13-6-10(16(19,20)21)5-11(7-13)17(22,23)24/h5-9,25H,1-4H2. The van der Waals surface area contributed by atoms with Gasteiger partial charge in [0, 0.05) is 32.4 Å². The lowest BCUT2D eigenvalue weighted by molar-refractivity contribution is -0.143. The zero-order valence-electron chi connectivity index (χ0n) is 15.4. The van der Waals surface area contributed by atoms with E-state index in [0.29, 0.717) is 0 Å². The molecule has 0 radical (unpaired) electrons. The van der Waals surface area contributed by atoms with Crippen molar-refractivity contribution in [3.05, 3.63) is 52.3 Å². The second kappa shape index (κ2) is 8.02. The van der Waals surface area contributed by atoms with Crippen LogP contribution in [-0.2, 0) is 22.4 Å². The maximum atomic E-state index is 13.0. The minimum absolute atomic E-state index is 0.111. The van der Waals surface area contributed by atoms with Crippen LogP contribution in [0, 0.1) is 0 Å². The number of aromatic amines is 1. The average Bonchev–Trinajstić information content (AvgIpc) is 3.12. The van der Waals surface area contributed by atoms with E-state index in [1.165, 1.54) is 17.2 Å². The predicted octanol–water partition coefficient (Wildman–Crippen LogP) is 3.85. The molecule has 0 aliphatic carbocycles. The number of amides is 1. The van der Waals surface area contributed by atoms with E-state index < -0.39 is 44.3 Å². The number of rotatable bonds is 3. The second-order valence-corrected chi connectivity index (χ2v) is 9.04. The Morgan fingerprint density at radius 3 is 1.84 bits per heavy atom. The Balaban J connectivity index is 1.85. The second-order valence-electron chi connectivity index (χ2n) is 6.67. The van der Waals surface area contributed by atoms with Crippen LogP contribution in [0.25, 0.3) is 0 Å². The molecule has 2 aromatic rings. The summed E-state index contributed by atoms with van der Waals surface area (Å²) in [5.74, 6) is -0.470. The average molecular weight is 490 g/mol. The number of aromatic nitrogens is 1. The first kappa shape index (κ1) is 23.4. The van der Waals surface area contributed by atoms with Gasteiger partial charge in [0.05, 0.1) is 21.0 Å². The van der Waals surface area contributed by atoms with Crippen molar-refractivity contribution in [2.75, 3.05) is 26.2 Å². The molecule has 3 rings (SSSR count). The molecule has 1 N–H and O–H groups in total. The third kappa shape index (κ3) is 4.99. The minimum Gasteiger partial charge on any atom is -0.356 e. The van der Waals surface area contributed by atoms with E-state index in [0.717, 1.165) is 4.31 Å². The molecule has 1 aromatic carbocycles. The van der Waals surface area contributed by atoms with Crippen molar-refractivity contribution in [1.29, 1.82) is 0 Å². The molecule has 0 bridgehead atoms. The quantitative estimate of drug-likeness (QED) is 0.666. The third-order valence-electron chi connectivity index (χ3n) is 4.60. The highest BCUT2D eigenvalue weighted by atomic mass is 35.5. The van der Waals surface area contributed by atoms with Crippen LogP contribution in [0.3, 0.4) is 0 Å². The van der Waals surface area contributed by atoms with Gasteiger partial charge in [-0.25, -0.2) is 8.42 Å². The fourth-order valence-electron chi connectivity index (χ4n) is 3.02. The van der Waals surface area contributed by atoms with Gasteiger partial charge in [-0.1, -0.05) is 11.6 Å². The molecule has 0 atom stereocenters. The lowest BCUT2D eigenvalue weighted by Gasteiger charge is -2.34. The molecule has 0 unspecified atom stereocenters. The van der Waals surface area contributed by atoms with E-state index in [1.807, 2.05) is 0 Å². The summed E-state index contributed by atoms with van der Waals surface area (Å²) >= 11 is 5.73. The molecule has 0 saturated carbocycles. The number of nitrogens with zero attached hydrogens (tertiary/aromatic N) is 2. The summed E-state index contributed by atoms with van der Waals surface area (Å²) in [7, 11) is -4.67. The monoisotopic (exact) mass is 489 g/mol. The van der Waals surface area contributed by atoms with Gasteiger partial charge in [-0.15, -0.1) is 0 Å². The van der Waals surface area contributed by atoms with Gasteiger partial charge < -0.3 is 9.88 Å². The maximum Gasteiger partial charge on any atom is 0.416 e.